The fourth-order valence-electron chi connectivity index (χ4n) is 1.83. The second-order valence-corrected chi connectivity index (χ2v) is 4.92. The third kappa shape index (κ3) is 5.17. The van der Waals surface area contributed by atoms with E-state index in [1.807, 2.05) is 0 Å². The van der Waals surface area contributed by atoms with Gasteiger partial charge in [0.2, 0.25) is 5.91 Å². The standard InChI is InChI=1S/C12H22ClNO2/c1-10(8-13)4-2-6-14-12(15)11-5-3-7-16-9-11/h10-11H,2-9H2,1H3,(H,14,15). The van der Waals surface area contributed by atoms with Gasteiger partial charge in [-0.1, -0.05) is 6.92 Å². The van der Waals surface area contributed by atoms with Crippen molar-refractivity contribution < 1.29 is 9.53 Å². The maximum Gasteiger partial charge on any atom is 0.225 e. The molecule has 1 N–H and O–H groups in total. The maximum absolute atomic E-state index is 11.7. The minimum atomic E-state index is 0.0687. The molecule has 1 amide bonds. The number of alkyl halides is 1. The molecule has 2 atom stereocenters. The molecule has 1 rings (SSSR count). The topological polar surface area (TPSA) is 38.3 Å². The Morgan fingerprint density at radius 3 is 3.06 bits per heavy atom. The molecule has 3 nitrogen and oxygen atoms in total. The van der Waals surface area contributed by atoms with Gasteiger partial charge in [0.25, 0.3) is 0 Å². The Kier molecular flexibility index (Phi) is 6.81. The number of halogens is 1. The molecule has 94 valence electrons. The van der Waals surface area contributed by atoms with Gasteiger partial charge in [-0.05, 0) is 31.6 Å². The Morgan fingerprint density at radius 2 is 2.44 bits per heavy atom. The minimum absolute atomic E-state index is 0.0687. The number of hydrogen-bond donors (Lipinski definition) is 1. The van der Waals surface area contributed by atoms with E-state index in [1.54, 1.807) is 0 Å². The second-order valence-electron chi connectivity index (χ2n) is 4.61. The summed E-state index contributed by atoms with van der Waals surface area (Å²) in [7, 11) is 0. The number of hydrogen-bond acceptors (Lipinski definition) is 2. The van der Waals surface area contributed by atoms with Crippen LogP contribution in [0.1, 0.15) is 32.6 Å². The Hall–Kier alpha value is -0.280. The zero-order valence-corrected chi connectivity index (χ0v) is 10.8. The van der Waals surface area contributed by atoms with E-state index in [0.29, 0.717) is 18.4 Å². The van der Waals surface area contributed by atoms with Crippen LogP contribution in [-0.2, 0) is 9.53 Å². The lowest BCUT2D eigenvalue weighted by Crippen LogP contribution is -2.36. The molecule has 1 fully saturated rings. The van der Waals surface area contributed by atoms with Crippen LogP contribution in [0.25, 0.3) is 0 Å². The molecule has 1 saturated heterocycles. The number of rotatable bonds is 6. The Labute approximate surface area is 103 Å². The Bertz CT molecular complexity index is 205. The van der Waals surface area contributed by atoms with Gasteiger partial charge in [0.05, 0.1) is 12.5 Å². The molecule has 0 saturated carbocycles. The third-order valence-corrected chi connectivity index (χ3v) is 3.49. The molecule has 1 aliphatic heterocycles. The minimum Gasteiger partial charge on any atom is -0.381 e. The highest BCUT2D eigenvalue weighted by Gasteiger charge is 2.20. The Morgan fingerprint density at radius 1 is 1.62 bits per heavy atom. The van der Waals surface area contributed by atoms with Crippen LogP contribution < -0.4 is 5.32 Å². The molecule has 0 spiro atoms. The quantitative estimate of drug-likeness (QED) is 0.577. The largest absolute Gasteiger partial charge is 0.381 e. The van der Waals surface area contributed by atoms with E-state index in [1.165, 1.54) is 0 Å². The zero-order valence-electron chi connectivity index (χ0n) is 10.0. The second kappa shape index (κ2) is 7.91. The first-order valence-electron chi connectivity index (χ1n) is 6.15. The molecule has 0 aromatic carbocycles. The molecule has 1 heterocycles. The zero-order chi connectivity index (χ0) is 11.8. The van der Waals surface area contributed by atoms with Crippen molar-refractivity contribution in [2.75, 3.05) is 25.6 Å². The number of carbonyl (C=O) groups excluding carboxylic acids is 1. The average molecular weight is 248 g/mol. The van der Waals surface area contributed by atoms with E-state index in [2.05, 4.69) is 12.2 Å². The summed E-state index contributed by atoms with van der Waals surface area (Å²) in [5.41, 5.74) is 0. The third-order valence-electron chi connectivity index (χ3n) is 2.97. The van der Waals surface area contributed by atoms with Crippen LogP contribution in [0.5, 0.6) is 0 Å². The van der Waals surface area contributed by atoms with Crippen LogP contribution in [0.15, 0.2) is 0 Å². The normalized spacial score (nSPS) is 22.8. The molecular formula is C12H22ClNO2. The van der Waals surface area contributed by atoms with Crippen molar-refractivity contribution in [1.29, 1.82) is 0 Å². The van der Waals surface area contributed by atoms with Gasteiger partial charge in [-0.2, -0.15) is 0 Å². The van der Waals surface area contributed by atoms with Crippen LogP contribution in [-0.4, -0.2) is 31.5 Å². The van der Waals surface area contributed by atoms with E-state index in [-0.39, 0.29) is 11.8 Å². The van der Waals surface area contributed by atoms with Crippen molar-refractivity contribution in [3.63, 3.8) is 0 Å². The summed E-state index contributed by atoms with van der Waals surface area (Å²) in [5.74, 6) is 1.46. The summed E-state index contributed by atoms with van der Waals surface area (Å²) < 4.78 is 5.29. The van der Waals surface area contributed by atoms with Crippen molar-refractivity contribution in [2.45, 2.75) is 32.6 Å². The SMILES string of the molecule is CC(CCl)CCCNC(=O)C1CCCOC1. The van der Waals surface area contributed by atoms with Gasteiger partial charge in [0.15, 0.2) is 0 Å². The van der Waals surface area contributed by atoms with Gasteiger partial charge in [0, 0.05) is 19.0 Å². The number of carbonyl (C=O) groups is 1. The van der Waals surface area contributed by atoms with Crippen LogP contribution in [0.4, 0.5) is 0 Å². The first kappa shape index (κ1) is 13.8. The molecule has 0 bridgehead atoms. The number of amides is 1. The summed E-state index contributed by atoms with van der Waals surface area (Å²) in [6.07, 6.45) is 4.05. The molecule has 4 heteroatoms. The number of ether oxygens (including phenoxy) is 1. The highest BCUT2D eigenvalue weighted by Crippen LogP contribution is 2.13. The van der Waals surface area contributed by atoms with Gasteiger partial charge in [-0.15, -0.1) is 11.6 Å². The van der Waals surface area contributed by atoms with Crippen molar-refractivity contribution >= 4 is 17.5 Å². The van der Waals surface area contributed by atoms with Crippen molar-refractivity contribution in [2.24, 2.45) is 11.8 Å². The van der Waals surface area contributed by atoms with Crippen molar-refractivity contribution in [1.82, 2.24) is 5.32 Å². The monoisotopic (exact) mass is 247 g/mol. The highest BCUT2D eigenvalue weighted by atomic mass is 35.5. The van der Waals surface area contributed by atoms with Crippen molar-refractivity contribution in [3.8, 4) is 0 Å². The van der Waals surface area contributed by atoms with Crippen LogP contribution in [0.3, 0.4) is 0 Å². The van der Waals surface area contributed by atoms with E-state index >= 15 is 0 Å². The van der Waals surface area contributed by atoms with Gasteiger partial charge < -0.3 is 10.1 Å². The summed E-state index contributed by atoms with van der Waals surface area (Å²) in [6.45, 7) is 4.28. The highest BCUT2D eigenvalue weighted by molar-refractivity contribution is 6.18. The molecular weight excluding hydrogens is 226 g/mol. The van der Waals surface area contributed by atoms with E-state index < -0.39 is 0 Å². The first-order chi connectivity index (χ1) is 7.74. The van der Waals surface area contributed by atoms with Gasteiger partial charge in [-0.25, -0.2) is 0 Å². The average Bonchev–Trinajstić information content (AvgIpc) is 2.35. The maximum atomic E-state index is 11.7. The Balaban J connectivity index is 2.05. The van der Waals surface area contributed by atoms with Crippen LogP contribution >= 0.6 is 11.6 Å². The molecule has 1 aliphatic rings. The van der Waals surface area contributed by atoms with Crippen LogP contribution in [0, 0.1) is 11.8 Å². The molecule has 0 aliphatic carbocycles. The first-order valence-corrected chi connectivity index (χ1v) is 6.69. The fourth-order valence-corrected chi connectivity index (χ4v) is 1.99. The van der Waals surface area contributed by atoms with Gasteiger partial charge in [-0.3, -0.25) is 4.79 Å². The predicted octanol–water partition coefficient (Wildman–Crippen LogP) is 2.18. The fraction of sp³-hybridized carbons (Fsp3) is 0.917. The summed E-state index contributed by atoms with van der Waals surface area (Å²) in [4.78, 5) is 11.7. The molecule has 16 heavy (non-hydrogen) atoms. The summed E-state index contributed by atoms with van der Waals surface area (Å²) >= 11 is 5.71. The molecule has 0 radical (unpaired) electrons. The van der Waals surface area contributed by atoms with Gasteiger partial charge >= 0.3 is 0 Å². The van der Waals surface area contributed by atoms with Crippen molar-refractivity contribution in [3.05, 3.63) is 0 Å². The molecule has 0 aromatic heterocycles. The summed E-state index contributed by atoms with van der Waals surface area (Å²) in [6, 6.07) is 0. The predicted molar refractivity (Wildman–Crippen MR) is 65.7 cm³/mol. The van der Waals surface area contributed by atoms with E-state index in [9.17, 15) is 4.79 Å². The van der Waals surface area contributed by atoms with Crippen LogP contribution in [0.2, 0.25) is 0 Å². The lowest BCUT2D eigenvalue weighted by atomic mass is 10.0. The summed E-state index contributed by atoms with van der Waals surface area (Å²) in [5, 5.41) is 2.97. The lowest BCUT2D eigenvalue weighted by molar-refractivity contribution is -0.128. The smallest absolute Gasteiger partial charge is 0.225 e. The lowest BCUT2D eigenvalue weighted by Gasteiger charge is -2.21. The van der Waals surface area contributed by atoms with Gasteiger partial charge in [0.1, 0.15) is 0 Å². The number of nitrogens with one attached hydrogen (secondary N) is 1. The molecule has 0 aromatic rings. The van der Waals surface area contributed by atoms with E-state index in [4.69, 9.17) is 16.3 Å². The molecule has 2 unspecified atom stereocenters. The van der Waals surface area contributed by atoms with E-state index in [0.717, 1.165) is 38.8 Å².